The lowest BCUT2D eigenvalue weighted by molar-refractivity contribution is 0.00276. The van der Waals surface area contributed by atoms with Crippen molar-refractivity contribution in [2.45, 2.75) is 52.2 Å². The fourth-order valence-electron chi connectivity index (χ4n) is 3.49. The third kappa shape index (κ3) is 4.04. The zero-order valence-corrected chi connectivity index (χ0v) is 13.6. The highest BCUT2D eigenvalue weighted by molar-refractivity contribution is 5.20. The van der Waals surface area contributed by atoms with Crippen molar-refractivity contribution < 1.29 is 9.50 Å². The van der Waals surface area contributed by atoms with Crippen LogP contribution >= 0.6 is 0 Å². The molecule has 0 amide bonds. The molecule has 21 heavy (non-hydrogen) atoms. The summed E-state index contributed by atoms with van der Waals surface area (Å²) in [4.78, 5) is 2.16. The van der Waals surface area contributed by atoms with E-state index in [2.05, 4.69) is 18.7 Å². The molecule has 3 atom stereocenters. The van der Waals surface area contributed by atoms with E-state index >= 15 is 0 Å². The molecule has 0 spiro atoms. The van der Waals surface area contributed by atoms with Gasteiger partial charge in [0.15, 0.2) is 0 Å². The third-order valence-corrected chi connectivity index (χ3v) is 5.01. The van der Waals surface area contributed by atoms with Gasteiger partial charge in [-0.25, -0.2) is 4.39 Å². The lowest BCUT2D eigenvalue weighted by atomic mass is 9.70. The second-order valence-corrected chi connectivity index (χ2v) is 7.37. The summed E-state index contributed by atoms with van der Waals surface area (Å²) >= 11 is 0. The Bertz CT molecular complexity index is 474. The summed E-state index contributed by atoms with van der Waals surface area (Å²) in [6, 6.07) is 6.97. The van der Waals surface area contributed by atoms with E-state index in [-0.39, 0.29) is 23.9 Å². The maximum Gasteiger partial charge on any atom is 0.127 e. The van der Waals surface area contributed by atoms with Crippen LogP contribution in [0.15, 0.2) is 24.3 Å². The molecule has 0 saturated heterocycles. The molecule has 1 aromatic carbocycles. The van der Waals surface area contributed by atoms with E-state index in [1.54, 1.807) is 6.07 Å². The molecule has 3 unspecified atom stereocenters. The zero-order chi connectivity index (χ0) is 15.6. The average Bonchev–Trinajstić information content (AvgIpc) is 2.42. The van der Waals surface area contributed by atoms with Crippen LogP contribution in [-0.4, -0.2) is 29.7 Å². The largest absolute Gasteiger partial charge is 0.393 e. The molecule has 2 rings (SSSR count). The molecule has 2 nitrogen and oxygen atoms in total. The molecular weight excluding hydrogens is 265 g/mol. The van der Waals surface area contributed by atoms with E-state index in [0.717, 1.165) is 31.4 Å². The van der Waals surface area contributed by atoms with Crippen LogP contribution < -0.4 is 0 Å². The first-order valence-corrected chi connectivity index (χ1v) is 7.93. The molecule has 0 bridgehead atoms. The molecule has 1 aliphatic rings. The first-order valence-electron chi connectivity index (χ1n) is 7.93. The standard InChI is InChI=1S/C18H28FNO/c1-13(15-7-5-6-8-16(15)19)20(4)12-14-11-18(2,3)10-9-17(14)21/h5-8,13-14,17,21H,9-12H2,1-4H3. The number of hydrogen-bond acceptors (Lipinski definition) is 2. The van der Waals surface area contributed by atoms with Crippen LogP contribution in [0.3, 0.4) is 0 Å². The van der Waals surface area contributed by atoms with E-state index in [9.17, 15) is 9.50 Å². The van der Waals surface area contributed by atoms with Crippen LogP contribution in [0.1, 0.15) is 51.6 Å². The molecule has 0 aromatic heterocycles. The van der Waals surface area contributed by atoms with Crippen molar-refractivity contribution in [1.29, 1.82) is 0 Å². The smallest absolute Gasteiger partial charge is 0.127 e. The fraction of sp³-hybridized carbons (Fsp3) is 0.667. The maximum atomic E-state index is 13.9. The highest BCUT2D eigenvalue weighted by atomic mass is 19.1. The van der Waals surface area contributed by atoms with Crippen LogP contribution in [0.2, 0.25) is 0 Å². The SMILES string of the molecule is CC(c1ccccc1F)N(C)CC1CC(C)(C)CCC1O. The molecule has 1 fully saturated rings. The molecule has 3 heteroatoms. The average molecular weight is 293 g/mol. The summed E-state index contributed by atoms with van der Waals surface area (Å²) in [5, 5.41) is 10.3. The Hall–Kier alpha value is -0.930. The van der Waals surface area contributed by atoms with Crippen molar-refractivity contribution in [2.75, 3.05) is 13.6 Å². The quantitative estimate of drug-likeness (QED) is 0.907. The lowest BCUT2D eigenvalue weighted by Gasteiger charge is -2.41. The van der Waals surface area contributed by atoms with Gasteiger partial charge in [-0.1, -0.05) is 32.0 Å². The number of halogens is 1. The highest BCUT2D eigenvalue weighted by Gasteiger charge is 2.35. The van der Waals surface area contributed by atoms with Gasteiger partial charge < -0.3 is 5.11 Å². The Morgan fingerprint density at radius 2 is 2.05 bits per heavy atom. The number of nitrogens with zero attached hydrogens (tertiary/aromatic N) is 1. The number of aliphatic hydroxyl groups excluding tert-OH is 1. The summed E-state index contributed by atoms with van der Waals surface area (Å²) in [7, 11) is 2.02. The van der Waals surface area contributed by atoms with Crippen LogP contribution in [0.4, 0.5) is 4.39 Å². The predicted molar refractivity (Wildman–Crippen MR) is 84.6 cm³/mol. The van der Waals surface area contributed by atoms with Gasteiger partial charge in [-0.3, -0.25) is 4.90 Å². The molecule has 1 saturated carbocycles. The van der Waals surface area contributed by atoms with Gasteiger partial charge in [0.05, 0.1) is 6.10 Å². The number of rotatable bonds is 4. The minimum Gasteiger partial charge on any atom is -0.393 e. The Labute approximate surface area is 128 Å². The van der Waals surface area contributed by atoms with Crippen molar-refractivity contribution in [3.63, 3.8) is 0 Å². The van der Waals surface area contributed by atoms with Crippen LogP contribution in [0, 0.1) is 17.2 Å². The lowest BCUT2D eigenvalue weighted by Crippen LogP contribution is -2.40. The second kappa shape index (κ2) is 6.45. The zero-order valence-electron chi connectivity index (χ0n) is 13.6. The third-order valence-electron chi connectivity index (χ3n) is 5.01. The summed E-state index contributed by atoms with van der Waals surface area (Å²) in [6.45, 7) is 7.37. The predicted octanol–water partition coefficient (Wildman–Crippen LogP) is 4.01. The molecule has 0 radical (unpaired) electrons. The Balaban J connectivity index is 2.03. The molecule has 1 N–H and O–H groups in total. The van der Waals surface area contributed by atoms with Gasteiger partial charge in [0.1, 0.15) is 5.82 Å². The molecule has 0 heterocycles. The van der Waals surface area contributed by atoms with E-state index < -0.39 is 0 Å². The number of aliphatic hydroxyl groups is 1. The second-order valence-electron chi connectivity index (χ2n) is 7.37. The van der Waals surface area contributed by atoms with Gasteiger partial charge in [-0.15, -0.1) is 0 Å². The summed E-state index contributed by atoms with van der Waals surface area (Å²) < 4.78 is 13.9. The van der Waals surface area contributed by atoms with Crippen molar-refractivity contribution >= 4 is 0 Å². The van der Waals surface area contributed by atoms with Gasteiger partial charge in [0.25, 0.3) is 0 Å². The Morgan fingerprint density at radius 3 is 2.71 bits per heavy atom. The minimum atomic E-state index is -0.228. The van der Waals surface area contributed by atoms with Crippen molar-refractivity contribution in [2.24, 2.45) is 11.3 Å². The first kappa shape index (κ1) is 16.4. The first-order chi connectivity index (χ1) is 9.80. The van der Waals surface area contributed by atoms with Crippen LogP contribution in [0.5, 0.6) is 0 Å². The van der Waals surface area contributed by atoms with E-state index in [0.29, 0.717) is 5.41 Å². The fourth-order valence-corrected chi connectivity index (χ4v) is 3.49. The Morgan fingerprint density at radius 1 is 1.38 bits per heavy atom. The molecule has 1 aliphatic carbocycles. The van der Waals surface area contributed by atoms with E-state index in [1.807, 2.05) is 26.1 Å². The normalized spacial score (nSPS) is 26.8. The van der Waals surface area contributed by atoms with Gasteiger partial charge in [-0.2, -0.15) is 0 Å². The van der Waals surface area contributed by atoms with E-state index in [4.69, 9.17) is 0 Å². The Kier molecular flexibility index (Phi) is 5.05. The van der Waals surface area contributed by atoms with Gasteiger partial charge in [0, 0.05) is 18.2 Å². The summed E-state index contributed by atoms with van der Waals surface area (Å²) in [5.74, 6) is 0.120. The molecule has 1 aromatic rings. The van der Waals surface area contributed by atoms with Crippen molar-refractivity contribution in [1.82, 2.24) is 4.90 Å². The number of benzene rings is 1. The van der Waals surface area contributed by atoms with Crippen molar-refractivity contribution in [3.8, 4) is 0 Å². The topological polar surface area (TPSA) is 23.5 Å². The molecular formula is C18H28FNO. The van der Waals surface area contributed by atoms with Gasteiger partial charge in [0.2, 0.25) is 0 Å². The molecule has 0 aliphatic heterocycles. The minimum absolute atomic E-state index is 0.0171. The number of hydrogen-bond donors (Lipinski definition) is 1. The van der Waals surface area contributed by atoms with E-state index in [1.165, 1.54) is 6.07 Å². The van der Waals surface area contributed by atoms with Crippen LogP contribution in [-0.2, 0) is 0 Å². The van der Waals surface area contributed by atoms with Crippen molar-refractivity contribution in [3.05, 3.63) is 35.6 Å². The monoisotopic (exact) mass is 293 g/mol. The highest BCUT2D eigenvalue weighted by Crippen LogP contribution is 2.39. The summed E-state index contributed by atoms with van der Waals surface area (Å²) in [5.41, 5.74) is 1.02. The molecule has 118 valence electrons. The van der Waals surface area contributed by atoms with Gasteiger partial charge in [-0.05, 0) is 50.6 Å². The van der Waals surface area contributed by atoms with Gasteiger partial charge >= 0.3 is 0 Å². The summed E-state index contributed by atoms with van der Waals surface area (Å²) in [6.07, 6.45) is 2.76. The maximum absolute atomic E-state index is 13.9. The van der Waals surface area contributed by atoms with Crippen LogP contribution in [0.25, 0.3) is 0 Å².